The van der Waals surface area contributed by atoms with Gasteiger partial charge in [0.05, 0.1) is 34.6 Å². The first-order valence-electron chi connectivity index (χ1n) is 15.8. The molecule has 0 aliphatic carbocycles. The number of amides is 1. The standard InChI is InChI=1S/C33H41N5O6S2/c1-21(2)30-35-25(19-45-30)31(41)38-13-15-44-33(20-38)8-11-37(12-9-33)18-22-4-3-5-23(16-22)43-14-10-34-17-27(40)24-6-7-26(39)28-29(24)46-32(42)36-28/h3-7,16,19,21,27,34,39-40H,8-15,17-18,20H2,1-2H3,(H,36,42). The Morgan fingerprint density at radius 2 is 2.04 bits per heavy atom. The summed E-state index contributed by atoms with van der Waals surface area (Å²) in [4.78, 5) is 36.2. The fourth-order valence-corrected chi connectivity index (χ4v) is 7.86. The lowest BCUT2D eigenvalue weighted by Crippen LogP contribution is -2.58. The van der Waals surface area contributed by atoms with E-state index in [2.05, 4.69) is 46.2 Å². The smallest absolute Gasteiger partial charge is 0.305 e. The van der Waals surface area contributed by atoms with Gasteiger partial charge in [-0.15, -0.1) is 11.3 Å². The molecule has 2 fully saturated rings. The van der Waals surface area contributed by atoms with E-state index in [1.807, 2.05) is 22.4 Å². The van der Waals surface area contributed by atoms with Crippen molar-refractivity contribution in [2.45, 2.75) is 50.9 Å². The van der Waals surface area contributed by atoms with Crippen LogP contribution >= 0.6 is 22.7 Å². The second-order valence-electron chi connectivity index (χ2n) is 12.4. The molecule has 46 heavy (non-hydrogen) atoms. The van der Waals surface area contributed by atoms with Crippen LogP contribution in [0, 0.1) is 0 Å². The first-order chi connectivity index (χ1) is 22.2. The van der Waals surface area contributed by atoms with Crippen LogP contribution in [0.25, 0.3) is 10.2 Å². The molecule has 1 amide bonds. The normalized spacial score (nSPS) is 17.6. The number of thiazole rings is 2. The largest absolute Gasteiger partial charge is 0.506 e. The number of carbonyl (C=O) groups is 1. The Hall–Kier alpha value is -3.33. The number of hydrogen-bond acceptors (Lipinski definition) is 11. The van der Waals surface area contributed by atoms with Crippen LogP contribution in [0.5, 0.6) is 11.5 Å². The van der Waals surface area contributed by atoms with Crippen LogP contribution in [0.1, 0.15) is 65.3 Å². The van der Waals surface area contributed by atoms with Gasteiger partial charge in [0.1, 0.15) is 29.3 Å². The average Bonchev–Trinajstić information content (AvgIpc) is 3.70. The second kappa shape index (κ2) is 14.2. The van der Waals surface area contributed by atoms with E-state index >= 15 is 0 Å². The lowest BCUT2D eigenvalue weighted by molar-refractivity contribution is -0.128. The molecular weight excluding hydrogens is 627 g/mol. The summed E-state index contributed by atoms with van der Waals surface area (Å²) in [5, 5.41) is 26.7. The van der Waals surface area contributed by atoms with E-state index in [0.717, 1.165) is 54.6 Å². The number of phenolic OH excluding ortho intramolecular Hbond substituents is 1. The van der Waals surface area contributed by atoms with Crippen LogP contribution < -0.4 is 14.9 Å². The number of fused-ring (bicyclic) bond motifs is 1. The average molecular weight is 668 g/mol. The zero-order chi connectivity index (χ0) is 32.3. The zero-order valence-corrected chi connectivity index (χ0v) is 27.8. The Bertz CT molecular complexity index is 1710. The topological polar surface area (TPSA) is 140 Å². The molecule has 1 spiro atoms. The molecule has 11 nitrogen and oxygen atoms in total. The molecule has 0 saturated carbocycles. The number of piperidine rings is 1. The lowest BCUT2D eigenvalue weighted by atomic mass is 9.89. The zero-order valence-electron chi connectivity index (χ0n) is 26.2. The van der Waals surface area contributed by atoms with E-state index in [0.29, 0.717) is 60.2 Å². The fraction of sp³-hybridized carbons (Fsp3) is 0.485. The van der Waals surface area contributed by atoms with E-state index in [9.17, 15) is 19.8 Å². The number of aromatic nitrogens is 2. The predicted molar refractivity (Wildman–Crippen MR) is 179 cm³/mol. The molecule has 2 aliphatic heterocycles. The van der Waals surface area contributed by atoms with Gasteiger partial charge in [0, 0.05) is 56.1 Å². The molecule has 4 heterocycles. The van der Waals surface area contributed by atoms with Gasteiger partial charge in [0.2, 0.25) is 0 Å². The summed E-state index contributed by atoms with van der Waals surface area (Å²) in [5.74, 6) is 1.10. The third-order valence-corrected chi connectivity index (χ3v) is 10.8. The van der Waals surface area contributed by atoms with Gasteiger partial charge in [-0.05, 0) is 36.6 Å². The number of nitrogens with zero attached hydrogens (tertiary/aromatic N) is 3. The number of aliphatic hydroxyl groups excluding tert-OH is 1. The van der Waals surface area contributed by atoms with E-state index < -0.39 is 6.10 Å². The van der Waals surface area contributed by atoms with Crippen molar-refractivity contribution in [3.05, 3.63) is 73.3 Å². The summed E-state index contributed by atoms with van der Waals surface area (Å²) in [5.41, 5.74) is 2.36. The van der Waals surface area contributed by atoms with Crippen molar-refractivity contribution in [1.82, 2.24) is 25.1 Å². The monoisotopic (exact) mass is 667 g/mol. The highest BCUT2D eigenvalue weighted by Gasteiger charge is 2.41. The van der Waals surface area contributed by atoms with Crippen molar-refractivity contribution < 1.29 is 24.5 Å². The van der Waals surface area contributed by atoms with Crippen molar-refractivity contribution in [3.63, 3.8) is 0 Å². The maximum absolute atomic E-state index is 13.2. The molecule has 2 aromatic carbocycles. The predicted octanol–water partition coefficient (Wildman–Crippen LogP) is 4.08. The summed E-state index contributed by atoms with van der Waals surface area (Å²) in [7, 11) is 0. The highest BCUT2D eigenvalue weighted by Crippen LogP contribution is 2.33. The van der Waals surface area contributed by atoms with Crippen molar-refractivity contribution in [2.75, 3.05) is 52.5 Å². The van der Waals surface area contributed by atoms with Crippen molar-refractivity contribution >= 4 is 38.8 Å². The van der Waals surface area contributed by atoms with Crippen LogP contribution in [0.15, 0.2) is 46.6 Å². The summed E-state index contributed by atoms with van der Waals surface area (Å²) in [6.07, 6.45) is 0.911. The number of aromatic amines is 1. The van der Waals surface area contributed by atoms with Gasteiger partial charge >= 0.3 is 4.87 Å². The van der Waals surface area contributed by atoms with Crippen LogP contribution in [-0.2, 0) is 11.3 Å². The Morgan fingerprint density at radius 3 is 2.83 bits per heavy atom. The number of aromatic hydroxyl groups is 1. The first kappa shape index (κ1) is 32.6. The number of carbonyl (C=O) groups excluding carboxylic acids is 1. The number of likely N-dealkylation sites (tertiary alicyclic amines) is 1. The molecule has 6 rings (SSSR count). The Kier molecular flexibility index (Phi) is 10.1. The molecule has 4 aromatic rings. The van der Waals surface area contributed by atoms with Gasteiger partial charge in [0.25, 0.3) is 5.91 Å². The van der Waals surface area contributed by atoms with Gasteiger partial charge in [-0.3, -0.25) is 14.5 Å². The number of nitrogens with one attached hydrogen (secondary N) is 2. The van der Waals surface area contributed by atoms with Crippen LogP contribution in [-0.4, -0.2) is 94.0 Å². The summed E-state index contributed by atoms with van der Waals surface area (Å²) in [6.45, 7) is 9.77. The van der Waals surface area contributed by atoms with Crippen molar-refractivity contribution in [2.24, 2.45) is 0 Å². The number of hydrogen-bond donors (Lipinski definition) is 4. The summed E-state index contributed by atoms with van der Waals surface area (Å²) >= 11 is 2.53. The molecule has 0 radical (unpaired) electrons. The minimum atomic E-state index is -0.833. The van der Waals surface area contributed by atoms with E-state index in [1.54, 1.807) is 17.4 Å². The third kappa shape index (κ3) is 7.45. The third-order valence-electron chi connectivity index (χ3n) is 8.67. The number of rotatable bonds is 11. The highest BCUT2D eigenvalue weighted by atomic mass is 32.1. The molecule has 1 unspecified atom stereocenters. The molecule has 0 bridgehead atoms. The number of phenols is 1. The van der Waals surface area contributed by atoms with E-state index in [-0.39, 0.29) is 28.7 Å². The van der Waals surface area contributed by atoms with Crippen LogP contribution in [0.4, 0.5) is 0 Å². The molecule has 13 heteroatoms. The molecule has 2 aromatic heterocycles. The minimum Gasteiger partial charge on any atom is -0.506 e. The molecule has 2 aliphatic rings. The number of H-pyrrole nitrogens is 1. The fourth-order valence-electron chi connectivity index (χ4n) is 6.14. The lowest BCUT2D eigenvalue weighted by Gasteiger charge is -2.47. The highest BCUT2D eigenvalue weighted by molar-refractivity contribution is 7.16. The molecular formula is C33H41N5O6S2. The first-order valence-corrected chi connectivity index (χ1v) is 17.5. The van der Waals surface area contributed by atoms with Crippen LogP contribution in [0.3, 0.4) is 0 Å². The van der Waals surface area contributed by atoms with E-state index in [4.69, 9.17) is 9.47 Å². The summed E-state index contributed by atoms with van der Waals surface area (Å²) in [6, 6.07) is 11.2. The minimum absolute atomic E-state index is 0.00583. The summed E-state index contributed by atoms with van der Waals surface area (Å²) < 4.78 is 12.9. The number of morpholine rings is 1. The Balaban J connectivity index is 0.941. The second-order valence-corrected chi connectivity index (χ2v) is 14.2. The Labute approximate surface area is 275 Å². The molecule has 4 N–H and O–H groups in total. The SMILES string of the molecule is CC(C)c1nc(C(=O)N2CCOC3(CCN(Cc4cccc(OCCNCC(O)c5ccc(O)c6[nH]c(=O)sc56)c4)CC3)C2)cs1. The number of benzene rings is 2. The maximum Gasteiger partial charge on any atom is 0.305 e. The number of ether oxygens (including phenoxy) is 2. The molecule has 1 atom stereocenters. The van der Waals surface area contributed by atoms with Gasteiger partial charge in [-0.1, -0.05) is 43.4 Å². The van der Waals surface area contributed by atoms with Gasteiger partial charge in [0.15, 0.2) is 0 Å². The van der Waals surface area contributed by atoms with Gasteiger partial charge in [-0.2, -0.15) is 0 Å². The maximum atomic E-state index is 13.2. The number of aliphatic hydroxyl groups is 1. The van der Waals surface area contributed by atoms with Gasteiger partial charge in [-0.25, -0.2) is 4.98 Å². The molecule has 2 saturated heterocycles. The van der Waals surface area contributed by atoms with E-state index in [1.165, 1.54) is 11.6 Å². The Morgan fingerprint density at radius 1 is 1.22 bits per heavy atom. The van der Waals surface area contributed by atoms with Crippen LogP contribution in [0.2, 0.25) is 0 Å². The van der Waals surface area contributed by atoms with Gasteiger partial charge < -0.3 is 34.9 Å². The van der Waals surface area contributed by atoms with Crippen molar-refractivity contribution in [1.29, 1.82) is 0 Å². The van der Waals surface area contributed by atoms with Crippen molar-refractivity contribution in [3.8, 4) is 11.5 Å². The molecule has 246 valence electrons. The quantitative estimate of drug-likeness (QED) is 0.174.